The van der Waals surface area contributed by atoms with Crippen LogP contribution in [0.25, 0.3) is 33.6 Å². The van der Waals surface area contributed by atoms with Crippen LogP contribution in [0.2, 0.25) is 0 Å². The lowest BCUT2D eigenvalue weighted by molar-refractivity contribution is -0.139. The fourth-order valence-corrected chi connectivity index (χ4v) is 7.06. The van der Waals surface area contributed by atoms with Crippen molar-refractivity contribution < 1.29 is 31.2 Å². The van der Waals surface area contributed by atoms with Crippen molar-refractivity contribution in [2.24, 2.45) is 0 Å². The van der Waals surface area contributed by atoms with Crippen molar-refractivity contribution in [3.63, 3.8) is 0 Å². The molecule has 0 radical (unpaired) electrons. The molecule has 0 spiro atoms. The Bertz CT molecular complexity index is 1980. The predicted octanol–water partition coefficient (Wildman–Crippen LogP) is 12.2. The number of anilines is 1. The Morgan fingerprint density at radius 2 is 1.15 bits per heavy atom. The summed E-state index contributed by atoms with van der Waals surface area (Å²) in [5.41, 5.74) is 0.690. The van der Waals surface area contributed by atoms with Crippen LogP contribution in [0.5, 0.6) is 5.75 Å². The van der Waals surface area contributed by atoms with Crippen LogP contribution >= 0.6 is 11.9 Å². The Labute approximate surface area is 280 Å². The van der Waals surface area contributed by atoms with Crippen molar-refractivity contribution in [1.29, 1.82) is 0 Å². The van der Waals surface area contributed by atoms with E-state index in [-0.39, 0.29) is 11.2 Å². The molecular formula is C38H34F6N2OS. The standard InChI is InChI=1S/C38H34F6N2OS/c1-21-27-13-9-23(24-10-14-28-22(2)46(36(6,7)8)48-34(28)18-24)17-33(27)47-45(21)26-12-16-30(32(20-26)38(42,43)44)29-15-11-25(35(3,4)5)19-31(29)37(39,40)41/h9-20H,1-2H2,3-8H3. The van der Waals surface area contributed by atoms with E-state index in [2.05, 4.69) is 44.3 Å². The van der Waals surface area contributed by atoms with Gasteiger partial charge in [-0.1, -0.05) is 70.3 Å². The quantitative estimate of drug-likeness (QED) is 0.158. The second kappa shape index (κ2) is 11.1. The minimum absolute atomic E-state index is 0.0246. The van der Waals surface area contributed by atoms with Gasteiger partial charge in [0.1, 0.15) is 0 Å². The molecule has 2 aliphatic rings. The highest BCUT2D eigenvalue weighted by atomic mass is 32.2. The highest BCUT2D eigenvalue weighted by molar-refractivity contribution is 7.97. The normalized spacial score (nSPS) is 15.2. The third kappa shape index (κ3) is 5.95. The lowest BCUT2D eigenvalue weighted by Gasteiger charge is -2.32. The van der Waals surface area contributed by atoms with Crippen LogP contribution in [0.1, 0.15) is 69.4 Å². The van der Waals surface area contributed by atoms with Gasteiger partial charge in [0.2, 0.25) is 0 Å². The summed E-state index contributed by atoms with van der Waals surface area (Å²) < 4.78 is 88.5. The Morgan fingerprint density at radius 1 is 0.604 bits per heavy atom. The van der Waals surface area contributed by atoms with E-state index in [1.54, 1.807) is 44.9 Å². The summed E-state index contributed by atoms with van der Waals surface area (Å²) in [6.45, 7) is 19.9. The SMILES string of the molecule is C=C1c2ccc(-c3ccc4c(c3)SN(C(C)(C)C)C4=C)cc2ON1c1ccc(-c2ccc(C(C)(C)C)cc2C(F)(F)F)c(C(F)(F)F)c1. The summed E-state index contributed by atoms with van der Waals surface area (Å²) in [4.78, 5) is 7.10. The van der Waals surface area contributed by atoms with Crippen LogP contribution in [-0.2, 0) is 17.8 Å². The third-order valence-corrected chi connectivity index (χ3v) is 9.91. The summed E-state index contributed by atoms with van der Waals surface area (Å²) in [6, 6.07) is 18.2. The molecule has 0 fully saturated rings. The Balaban J connectivity index is 1.34. The van der Waals surface area contributed by atoms with Crippen molar-refractivity contribution in [3.8, 4) is 28.0 Å². The van der Waals surface area contributed by atoms with Crippen LogP contribution in [0, 0.1) is 0 Å². The van der Waals surface area contributed by atoms with Gasteiger partial charge < -0.3 is 9.14 Å². The van der Waals surface area contributed by atoms with Gasteiger partial charge in [0.25, 0.3) is 0 Å². The lowest BCUT2D eigenvalue weighted by atomic mass is 9.83. The molecule has 0 aliphatic carbocycles. The van der Waals surface area contributed by atoms with Gasteiger partial charge in [-0.3, -0.25) is 0 Å². The minimum atomic E-state index is -4.96. The van der Waals surface area contributed by atoms with Crippen LogP contribution < -0.4 is 9.90 Å². The number of hydrogen-bond acceptors (Lipinski definition) is 4. The zero-order chi connectivity index (χ0) is 35.1. The molecule has 0 atom stereocenters. The maximum Gasteiger partial charge on any atom is 0.417 e. The number of alkyl halides is 6. The number of nitrogens with zero attached hydrogens (tertiary/aromatic N) is 2. The number of rotatable bonds is 3. The number of halogens is 6. The number of hydrogen-bond donors (Lipinski definition) is 0. The molecule has 4 aromatic carbocycles. The largest absolute Gasteiger partial charge is 0.417 e. The molecule has 0 aromatic heterocycles. The zero-order valence-electron chi connectivity index (χ0n) is 27.3. The molecule has 0 bridgehead atoms. The van der Waals surface area contributed by atoms with E-state index < -0.39 is 40.0 Å². The Morgan fingerprint density at radius 3 is 1.73 bits per heavy atom. The van der Waals surface area contributed by atoms with Gasteiger partial charge in [0.15, 0.2) is 5.75 Å². The molecule has 0 saturated heterocycles. The smallest absolute Gasteiger partial charge is 0.374 e. The summed E-state index contributed by atoms with van der Waals surface area (Å²) >= 11 is 1.62. The molecule has 0 amide bonds. The highest BCUT2D eigenvalue weighted by Gasteiger charge is 2.40. The van der Waals surface area contributed by atoms with Gasteiger partial charge in [0.05, 0.1) is 22.5 Å². The molecule has 4 aromatic rings. The molecule has 6 rings (SSSR count). The molecule has 0 saturated carbocycles. The van der Waals surface area contributed by atoms with E-state index in [1.165, 1.54) is 17.2 Å². The molecule has 2 aliphatic heterocycles. The minimum Gasteiger partial charge on any atom is -0.374 e. The van der Waals surface area contributed by atoms with Gasteiger partial charge in [-0.25, -0.2) is 0 Å². The average Bonchev–Trinajstić information content (AvgIpc) is 3.51. The molecule has 3 nitrogen and oxygen atoms in total. The maximum absolute atomic E-state index is 14.5. The third-order valence-electron chi connectivity index (χ3n) is 8.42. The summed E-state index contributed by atoms with van der Waals surface area (Å²) in [7, 11) is 0. The molecule has 0 N–H and O–H groups in total. The number of hydroxylamine groups is 1. The van der Waals surface area contributed by atoms with Crippen molar-refractivity contribution in [2.45, 2.75) is 69.7 Å². The van der Waals surface area contributed by atoms with Gasteiger partial charge in [0, 0.05) is 27.3 Å². The van der Waals surface area contributed by atoms with Crippen LogP contribution in [0.3, 0.4) is 0 Å². The van der Waals surface area contributed by atoms with Gasteiger partial charge in [-0.05, 0) is 102 Å². The van der Waals surface area contributed by atoms with Crippen LogP contribution in [-0.4, -0.2) is 9.84 Å². The van der Waals surface area contributed by atoms with E-state index in [1.807, 2.05) is 18.2 Å². The second-order valence-corrected chi connectivity index (χ2v) is 15.0. The monoisotopic (exact) mass is 680 g/mol. The molecular weight excluding hydrogens is 646 g/mol. The van der Waals surface area contributed by atoms with E-state index in [4.69, 9.17) is 4.84 Å². The fraction of sp³-hybridized carbons (Fsp3) is 0.263. The zero-order valence-corrected chi connectivity index (χ0v) is 28.1. The first-order valence-electron chi connectivity index (χ1n) is 15.2. The lowest BCUT2D eigenvalue weighted by Crippen LogP contribution is -2.31. The van der Waals surface area contributed by atoms with E-state index >= 15 is 0 Å². The average molecular weight is 681 g/mol. The molecule has 10 heteroatoms. The first kappa shape index (κ1) is 33.6. The summed E-state index contributed by atoms with van der Waals surface area (Å²) in [5, 5.41) is 1.17. The Kier molecular flexibility index (Phi) is 7.78. The Hall–Kier alpha value is -4.31. The van der Waals surface area contributed by atoms with E-state index in [0.717, 1.165) is 51.5 Å². The number of benzene rings is 4. The van der Waals surface area contributed by atoms with Crippen LogP contribution in [0.4, 0.5) is 32.0 Å². The van der Waals surface area contributed by atoms with Crippen molar-refractivity contribution in [3.05, 3.63) is 114 Å². The van der Waals surface area contributed by atoms with Gasteiger partial charge in [-0.2, -0.15) is 31.4 Å². The second-order valence-electron chi connectivity index (χ2n) is 14.0. The van der Waals surface area contributed by atoms with E-state index in [9.17, 15) is 26.3 Å². The van der Waals surface area contributed by atoms with Crippen LogP contribution in [0.15, 0.2) is 90.8 Å². The van der Waals surface area contributed by atoms with Crippen molar-refractivity contribution in [2.75, 3.05) is 5.06 Å². The molecule has 2 heterocycles. The van der Waals surface area contributed by atoms with Gasteiger partial charge >= 0.3 is 12.4 Å². The predicted molar refractivity (Wildman–Crippen MR) is 181 cm³/mol. The van der Waals surface area contributed by atoms with Gasteiger partial charge in [-0.15, -0.1) is 0 Å². The molecule has 0 unspecified atom stereocenters. The topological polar surface area (TPSA) is 15.7 Å². The molecule has 48 heavy (non-hydrogen) atoms. The first-order chi connectivity index (χ1) is 22.1. The maximum atomic E-state index is 14.5. The fourth-order valence-electron chi connectivity index (χ4n) is 5.92. The van der Waals surface area contributed by atoms with E-state index in [0.29, 0.717) is 22.6 Å². The van der Waals surface area contributed by atoms with Crippen molar-refractivity contribution in [1.82, 2.24) is 4.31 Å². The number of fused-ring (bicyclic) bond motifs is 2. The first-order valence-corrected chi connectivity index (χ1v) is 16.0. The van der Waals surface area contributed by atoms with Crippen molar-refractivity contribution >= 4 is 29.0 Å². The molecule has 250 valence electrons. The summed E-state index contributed by atoms with van der Waals surface area (Å²) in [5.74, 6) is 0.390. The highest BCUT2D eigenvalue weighted by Crippen LogP contribution is 2.50. The summed E-state index contributed by atoms with van der Waals surface area (Å²) in [6.07, 6.45) is -9.83.